The van der Waals surface area contributed by atoms with Crippen LogP contribution in [0.1, 0.15) is 10.4 Å². The van der Waals surface area contributed by atoms with Crippen LogP contribution in [0.3, 0.4) is 0 Å². The lowest BCUT2D eigenvalue weighted by Crippen LogP contribution is -2.28. The van der Waals surface area contributed by atoms with Crippen molar-refractivity contribution in [2.45, 2.75) is 6.54 Å². The third kappa shape index (κ3) is 4.91. The number of halogens is 1. The minimum absolute atomic E-state index is 0.275. The molecular formula is C16H16BrNO2S2. The van der Waals surface area contributed by atoms with Crippen LogP contribution in [0.25, 0.3) is 6.08 Å². The molecule has 0 aliphatic heterocycles. The van der Waals surface area contributed by atoms with Crippen LogP contribution in [0.15, 0.2) is 64.3 Å². The summed E-state index contributed by atoms with van der Waals surface area (Å²) >= 11 is 4.91. The average Bonchev–Trinajstić information content (AvgIpc) is 2.91. The lowest BCUT2D eigenvalue weighted by Gasteiger charge is -2.17. The van der Waals surface area contributed by atoms with Gasteiger partial charge < -0.3 is 0 Å². The molecule has 22 heavy (non-hydrogen) atoms. The molecule has 0 N–H and O–H groups in total. The Bertz CT molecular complexity index is 751. The molecule has 0 fully saturated rings. The maximum atomic E-state index is 12.5. The highest BCUT2D eigenvalue weighted by Gasteiger charge is 2.18. The zero-order valence-electron chi connectivity index (χ0n) is 11.9. The molecule has 0 unspecified atom stereocenters. The summed E-state index contributed by atoms with van der Waals surface area (Å²) in [6.45, 7) is 4.25. The molecule has 2 aromatic rings. The summed E-state index contributed by atoms with van der Waals surface area (Å²) in [6, 6.07) is 13.2. The molecule has 116 valence electrons. The molecule has 6 heteroatoms. The maximum Gasteiger partial charge on any atom is 0.236 e. The van der Waals surface area contributed by atoms with Gasteiger partial charge in [0.15, 0.2) is 0 Å². The molecule has 0 saturated heterocycles. The van der Waals surface area contributed by atoms with Crippen molar-refractivity contribution < 1.29 is 8.42 Å². The molecule has 2 rings (SSSR count). The van der Waals surface area contributed by atoms with E-state index in [0.29, 0.717) is 6.54 Å². The molecule has 0 spiro atoms. The van der Waals surface area contributed by atoms with Crippen molar-refractivity contribution in [3.05, 3.63) is 74.8 Å². The first-order valence-electron chi connectivity index (χ1n) is 6.59. The summed E-state index contributed by atoms with van der Waals surface area (Å²) < 4.78 is 27.4. The zero-order chi connectivity index (χ0) is 16.0. The molecule has 0 bridgehead atoms. The van der Waals surface area contributed by atoms with Gasteiger partial charge in [-0.25, -0.2) is 8.42 Å². The number of hydrogen-bond donors (Lipinski definition) is 0. The van der Waals surface area contributed by atoms with Crippen molar-refractivity contribution in [2.24, 2.45) is 0 Å². The Morgan fingerprint density at radius 1 is 1.18 bits per heavy atom. The van der Waals surface area contributed by atoms with E-state index < -0.39 is 10.0 Å². The lowest BCUT2D eigenvalue weighted by molar-refractivity contribution is 0.449. The van der Waals surface area contributed by atoms with Crippen molar-refractivity contribution in [3.8, 4) is 0 Å². The summed E-state index contributed by atoms with van der Waals surface area (Å²) in [5, 5.41) is 1.24. The predicted molar refractivity (Wildman–Crippen MR) is 97.0 cm³/mol. The average molecular weight is 398 g/mol. The summed E-state index contributed by atoms with van der Waals surface area (Å²) in [6.07, 6.45) is 3.20. The van der Waals surface area contributed by atoms with Crippen molar-refractivity contribution in [2.75, 3.05) is 6.54 Å². The van der Waals surface area contributed by atoms with Crippen LogP contribution in [-0.2, 0) is 16.6 Å². The first-order valence-corrected chi connectivity index (χ1v) is 9.71. The van der Waals surface area contributed by atoms with Crippen molar-refractivity contribution >= 4 is 43.4 Å². The molecule has 0 saturated carbocycles. The fourth-order valence-electron chi connectivity index (χ4n) is 1.83. The van der Waals surface area contributed by atoms with Gasteiger partial charge in [-0.1, -0.05) is 36.4 Å². The van der Waals surface area contributed by atoms with Crippen molar-refractivity contribution in [3.63, 3.8) is 0 Å². The topological polar surface area (TPSA) is 37.4 Å². The molecule has 1 aromatic heterocycles. The van der Waals surface area contributed by atoms with Crippen LogP contribution in [0.5, 0.6) is 0 Å². The second kappa shape index (κ2) is 7.87. The number of thiophene rings is 1. The fourth-order valence-corrected chi connectivity index (χ4v) is 4.54. The van der Waals surface area contributed by atoms with Crippen molar-refractivity contribution in [1.29, 1.82) is 0 Å². The van der Waals surface area contributed by atoms with Gasteiger partial charge in [-0.3, -0.25) is 0 Å². The van der Waals surface area contributed by atoms with Gasteiger partial charge in [0, 0.05) is 23.4 Å². The summed E-state index contributed by atoms with van der Waals surface area (Å²) in [4.78, 5) is 0.977. The minimum atomic E-state index is -3.50. The Morgan fingerprint density at radius 3 is 2.50 bits per heavy atom. The van der Waals surface area contributed by atoms with Gasteiger partial charge in [0.25, 0.3) is 0 Å². The number of benzene rings is 1. The summed E-state index contributed by atoms with van der Waals surface area (Å²) in [5.41, 5.74) is 0.850. The Kier molecular flexibility index (Phi) is 6.14. The lowest BCUT2D eigenvalue weighted by atomic mass is 10.2. The van der Waals surface area contributed by atoms with Gasteiger partial charge >= 0.3 is 0 Å². The van der Waals surface area contributed by atoms with E-state index >= 15 is 0 Å². The molecule has 0 amide bonds. The van der Waals surface area contributed by atoms with Gasteiger partial charge in [0.2, 0.25) is 10.0 Å². The van der Waals surface area contributed by atoms with Crippen LogP contribution in [0.2, 0.25) is 0 Å². The first kappa shape index (κ1) is 17.1. The molecule has 0 radical (unpaired) electrons. The first-order chi connectivity index (χ1) is 10.5. The van der Waals surface area contributed by atoms with Crippen LogP contribution >= 0.6 is 27.3 Å². The summed E-state index contributed by atoms with van der Waals surface area (Å²) in [7, 11) is -3.50. The Hall–Kier alpha value is -1.21. The zero-order valence-corrected chi connectivity index (χ0v) is 15.1. The Labute approximate surface area is 143 Å². The Morgan fingerprint density at radius 2 is 1.91 bits per heavy atom. The van der Waals surface area contributed by atoms with E-state index in [1.54, 1.807) is 12.2 Å². The molecule has 3 nitrogen and oxygen atoms in total. The largest absolute Gasteiger partial charge is 0.236 e. The van der Waals surface area contributed by atoms with E-state index in [-0.39, 0.29) is 6.54 Å². The molecule has 0 aliphatic rings. The SMILES string of the molecule is C=CCN(Cc1ccc(Br)s1)S(=O)(=O)/C=C/c1ccccc1. The molecular weight excluding hydrogens is 382 g/mol. The van der Waals surface area contributed by atoms with Crippen LogP contribution in [-0.4, -0.2) is 19.3 Å². The molecule has 1 heterocycles. The van der Waals surface area contributed by atoms with E-state index in [4.69, 9.17) is 0 Å². The standard InChI is InChI=1S/C16H16BrNO2S2/c1-2-11-18(13-15-8-9-16(17)21-15)22(19,20)12-10-14-6-4-3-5-7-14/h2-10,12H,1,11,13H2/b12-10+. The minimum Gasteiger partial charge on any atom is -0.207 e. The molecule has 0 aliphatic carbocycles. The van der Waals surface area contributed by atoms with Crippen molar-refractivity contribution in [1.82, 2.24) is 4.31 Å². The van der Waals surface area contributed by atoms with Gasteiger partial charge in [-0.05, 0) is 39.7 Å². The van der Waals surface area contributed by atoms with Gasteiger partial charge in [-0.15, -0.1) is 17.9 Å². The second-order valence-electron chi connectivity index (χ2n) is 4.55. The van der Waals surface area contributed by atoms with E-state index in [0.717, 1.165) is 14.2 Å². The van der Waals surface area contributed by atoms with E-state index in [1.165, 1.54) is 21.1 Å². The second-order valence-corrected chi connectivity index (χ2v) is 8.91. The quantitative estimate of drug-likeness (QED) is 0.644. The monoisotopic (exact) mass is 397 g/mol. The number of rotatable bonds is 7. The summed E-state index contributed by atoms with van der Waals surface area (Å²) in [5.74, 6) is 0. The highest BCUT2D eigenvalue weighted by Crippen LogP contribution is 2.24. The number of hydrogen-bond acceptors (Lipinski definition) is 3. The normalized spacial score (nSPS) is 12.1. The smallest absolute Gasteiger partial charge is 0.207 e. The van der Waals surface area contributed by atoms with Gasteiger partial charge in [0.05, 0.1) is 3.79 Å². The van der Waals surface area contributed by atoms with E-state index in [9.17, 15) is 8.42 Å². The number of sulfonamides is 1. The van der Waals surface area contributed by atoms with Crippen LogP contribution in [0.4, 0.5) is 0 Å². The van der Waals surface area contributed by atoms with E-state index in [2.05, 4.69) is 22.5 Å². The third-order valence-corrected chi connectivity index (χ3v) is 5.97. The third-order valence-electron chi connectivity index (χ3n) is 2.89. The highest BCUT2D eigenvalue weighted by atomic mass is 79.9. The number of nitrogens with zero attached hydrogens (tertiary/aromatic N) is 1. The Balaban J connectivity index is 2.18. The van der Waals surface area contributed by atoms with Gasteiger partial charge in [-0.2, -0.15) is 4.31 Å². The van der Waals surface area contributed by atoms with Crippen LogP contribution in [0, 0.1) is 0 Å². The molecule has 1 aromatic carbocycles. The fraction of sp³-hybridized carbons (Fsp3) is 0.125. The van der Waals surface area contributed by atoms with E-state index in [1.807, 2.05) is 42.5 Å². The highest BCUT2D eigenvalue weighted by molar-refractivity contribution is 9.11. The molecule has 0 atom stereocenters. The predicted octanol–water partition coefficient (Wildman–Crippen LogP) is 4.50. The van der Waals surface area contributed by atoms with Gasteiger partial charge in [0.1, 0.15) is 0 Å². The maximum absolute atomic E-state index is 12.5. The van der Waals surface area contributed by atoms with Crippen LogP contribution < -0.4 is 0 Å².